The number of amides is 1. The second-order valence-electron chi connectivity index (χ2n) is 6.15. The minimum atomic E-state index is 0.264. The summed E-state index contributed by atoms with van der Waals surface area (Å²) < 4.78 is 0. The molecule has 1 heterocycles. The quantitative estimate of drug-likeness (QED) is 0.789. The number of rotatable bonds is 5. The first-order valence-corrected chi connectivity index (χ1v) is 7.76. The Morgan fingerprint density at radius 2 is 2.06 bits per heavy atom. The van der Waals surface area contributed by atoms with Crippen molar-refractivity contribution in [3.05, 3.63) is 0 Å². The van der Waals surface area contributed by atoms with E-state index in [0.29, 0.717) is 12.5 Å². The highest BCUT2D eigenvalue weighted by molar-refractivity contribution is 5.76. The standard InChI is InChI=1S/C15H28N2O/c1-12(14-5-3-2-4-6-14)17-15(18)8-7-13-9-10-16-11-13/h12-14,16H,2-11H2,1H3,(H,17,18)/t12-,13?/m1/s1. The molecule has 18 heavy (non-hydrogen) atoms. The van der Waals surface area contributed by atoms with Crippen LogP contribution in [0, 0.1) is 11.8 Å². The van der Waals surface area contributed by atoms with E-state index < -0.39 is 0 Å². The van der Waals surface area contributed by atoms with Gasteiger partial charge in [0.15, 0.2) is 0 Å². The Morgan fingerprint density at radius 1 is 1.28 bits per heavy atom. The first-order chi connectivity index (χ1) is 8.75. The van der Waals surface area contributed by atoms with Crippen LogP contribution in [-0.2, 0) is 4.79 Å². The van der Waals surface area contributed by atoms with E-state index in [-0.39, 0.29) is 5.91 Å². The van der Waals surface area contributed by atoms with Gasteiger partial charge in [-0.3, -0.25) is 4.79 Å². The van der Waals surface area contributed by atoms with E-state index in [1.165, 1.54) is 38.5 Å². The van der Waals surface area contributed by atoms with Crippen molar-refractivity contribution >= 4 is 5.91 Å². The zero-order chi connectivity index (χ0) is 12.8. The average molecular weight is 252 g/mol. The number of nitrogens with one attached hydrogen (secondary N) is 2. The van der Waals surface area contributed by atoms with Gasteiger partial charge in [0.25, 0.3) is 0 Å². The van der Waals surface area contributed by atoms with Crippen molar-refractivity contribution in [3.63, 3.8) is 0 Å². The van der Waals surface area contributed by atoms with Crippen LogP contribution < -0.4 is 10.6 Å². The van der Waals surface area contributed by atoms with Gasteiger partial charge < -0.3 is 10.6 Å². The van der Waals surface area contributed by atoms with Crippen LogP contribution in [0.25, 0.3) is 0 Å². The Bertz CT molecular complexity index is 255. The van der Waals surface area contributed by atoms with Crippen molar-refractivity contribution in [2.75, 3.05) is 13.1 Å². The zero-order valence-corrected chi connectivity index (χ0v) is 11.7. The summed E-state index contributed by atoms with van der Waals surface area (Å²) in [6.45, 7) is 4.42. The van der Waals surface area contributed by atoms with Crippen LogP contribution in [0.5, 0.6) is 0 Å². The fraction of sp³-hybridized carbons (Fsp3) is 0.933. The largest absolute Gasteiger partial charge is 0.353 e. The summed E-state index contributed by atoms with van der Waals surface area (Å²) in [7, 11) is 0. The molecule has 1 aliphatic carbocycles. The average Bonchev–Trinajstić information content (AvgIpc) is 2.90. The van der Waals surface area contributed by atoms with Crippen molar-refractivity contribution in [1.29, 1.82) is 0 Å². The van der Waals surface area contributed by atoms with Gasteiger partial charge in [-0.1, -0.05) is 19.3 Å². The van der Waals surface area contributed by atoms with Gasteiger partial charge in [-0.2, -0.15) is 0 Å². The van der Waals surface area contributed by atoms with Gasteiger partial charge in [0.2, 0.25) is 5.91 Å². The third kappa shape index (κ3) is 4.27. The van der Waals surface area contributed by atoms with Gasteiger partial charge >= 0.3 is 0 Å². The molecule has 0 aromatic heterocycles. The van der Waals surface area contributed by atoms with E-state index in [1.807, 2.05) is 0 Å². The zero-order valence-electron chi connectivity index (χ0n) is 11.7. The molecule has 0 spiro atoms. The van der Waals surface area contributed by atoms with E-state index in [2.05, 4.69) is 17.6 Å². The lowest BCUT2D eigenvalue weighted by Crippen LogP contribution is -2.38. The van der Waals surface area contributed by atoms with E-state index in [4.69, 9.17) is 0 Å². The Morgan fingerprint density at radius 3 is 2.72 bits per heavy atom. The monoisotopic (exact) mass is 252 g/mol. The molecule has 2 fully saturated rings. The second-order valence-corrected chi connectivity index (χ2v) is 6.15. The molecular formula is C15H28N2O. The first-order valence-electron chi connectivity index (χ1n) is 7.76. The molecule has 2 rings (SSSR count). The first kappa shape index (κ1) is 13.9. The molecule has 104 valence electrons. The minimum Gasteiger partial charge on any atom is -0.353 e. The summed E-state index contributed by atoms with van der Waals surface area (Å²) in [6, 6.07) is 0.375. The molecule has 0 aromatic rings. The second kappa shape index (κ2) is 7.13. The molecule has 1 amide bonds. The molecule has 2 atom stereocenters. The molecule has 1 saturated heterocycles. The maximum Gasteiger partial charge on any atom is 0.220 e. The van der Waals surface area contributed by atoms with Gasteiger partial charge in [-0.05, 0) is 57.5 Å². The lowest BCUT2D eigenvalue weighted by Gasteiger charge is -2.28. The Kier molecular flexibility index (Phi) is 5.48. The van der Waals surface area contributed by atoms with Crippen LogP contribution in [0.1, 0.15) is 58.3 Å². The van der Waals surface area contributed by atoms with Crippen molar-refractivity contribution in [2.45, 2.75) is 64.3 Å². The van der Waals surface area contributed by atoms with Crippen molar-refractivity contribution < 1.29 is 4.79 Å². The van der Waals surface area contributed by atoms with Crippen LogP contribution in [-0.4, -0.2) is 25.0 Å². The molecule has 0 radical (unpaired) electrons. The number of hydrogen-bond acceptors (Lipinski definition) is 2. The third-order valence-electron chi connectivity index (χ3n) is 4.69. The normalized spacial score (nSPS) is 27.1. The lowest BCUT2D eigenvalue weighted by molar-refractivity contribution is -0.122. The van der Waals surface area contributed by atoms with Crippen LogP contribution >= 0.6 is 0 Å². The van der Waals surface area contributed by atoms with Crippen LogP contribution in [0.4, 0.5) is 0 Å². The van der Waals surface area contributed by atoms with Crippen molar-refractivity contribution in [2.24, 2.45) is 11.8 Å². The van der Waals surface area contributed by atoms with E-state index in [9.17, 15) is 4.79 Å². The fourth-order valence-electron chi connectivity index (χ4n) is 3.37. The lowest BCUT2D eigenvalue weighted by atomic mass is 9.84. The summed E-state index contributed by atoms with van der Waals surface area (Å²) in [6.07, 6.45) is 9.68. The molecule has 1 saturated carbocycles. The third-order valence-corrected chi connectivity index (χ3v) is 4.69. The Hall–Kier alpha value is -0.570. The Labute approximate surface area is 111 Å². The highest BCUT2D eigenvalue weighted by Gasteiger charge is 2.22. The topological polar surface area (TPSA) is 41.1 Å². The van der Waals surface area contributed by atoms with Gasteiger partial charge in [-0.25, -0.2) is 0 Å². The van der Waals surface area contributed by atoms with Crippen LogP contribution in [0.15, 0.2) is 0 Å². The van der Waals surface area contributed by atoms with Crippen LogP contribution in [0.3, 0.4) is 0 Å². The molecule has 0 aromatic carbocycles. The molecular weight excluding hydrogens is 224 g/mol. The number of carbonyl (C=O) groups excluding carboxylic acids is 1. The molecule has 0 bridgehead atoms. The van der Waals surface area contributed by atoms with Gasteiger partial charge in [-0.15, -0.1) is 0 Å². The molecule has 2 aliphatic rings. The highest BCUT2D eigenvalue weighted by Crippen LogP contribution is 2.26. The number of carbonyl (C=O) groups is 1. The predicted octanol–water partition coefficient (Wildman–Crippen LogP) is 2.46. The summed E-state index contributed by atoms with van der Waals surface area (Å²) in [4.78, 5) is 11.9. The van der Waals surface area contributed by atoms with Gasteiger partial charge in [0, 0.05) is 12.5 Å². The highest BCUT2D eigenvalue weighted by atomic mass is 16.1. The maximum absolute atomic E-state index is 11.9. The minimum absolute atomic E-state index is 0.264. The maximum atomic E-state index is 11.9. The van der Waals surface area contributed by atoms with E-state index in [1.54, 1.807) is 0 Å². The summed E-state index contributed by atoms with van der Waals surface area (Å²) in [5, 5.41) is 6.57. The molecule has 3 nitrogen and oxygen atoms in total. The molecule has 2 N–H and O–H groups in total. The van der Waals surface area contributed by atoms with Crippen molar-refractivity contribution in [1.82, 2.24) is 10.6 Å². The summed E-state index contributed by atoms with van der Waals surface area (Å²) in [5.74, 6) is 1.71. The van der Waals surface area contributed by atoms with Gasteiger partial charge in [0.05, 0.1) is 0 Å². The van der Waals surface area contributed by atoms with E-state index >= 15 is 0 Å². The molecule has 1 unspecified atom stereocenters. The number of hydrogen-bond donors (Lipinski definition) is 2. The molecule has 1 aliphatic heterocycles. The van der Waals surface area contributed by atoms with E-state index in [0.717, 1.165) is 31.3 Å². The fourth-order valence-corrected chi connectivity index (χ4v) is 3.37. The van der Waals surface area contributed by atoms with Crippen molar-refractivity contribution in [3.8, 4) is 0 Å². The molecule has 3 heteroatoms. The Balaban J connectivity index is 1.62. The summed E-state index contributed by atoms with van der Waals surface area (Å²) >= 11 is 0. The van der Waals surface area contributed by atoms with Crippen LogP contribution in [0.2, 0.25) is 0 Å². The summed E-state index contributed by atoms with van der Waals surface area (Å²) in [5.41, 5.74) is 0. The smallest absolute Gasteiger partial charge is 0.220 e. The van der Waals surface area contributed by atoms with Gasteiger partial charge in [0.1, 0.15) is 0 Å². The SMILES string of the molecule is C[C@@H](NC(=O)CCC1CCNC1)C1CCCCC1. The predicted molar refractivity (Wildman–Crippen MR) is 74.4 cm³/mol.